The van der Waals surface area contributed by atoms with Gasteiger partial charge in [-0.3, -0.25) is 0 Å². The largest absolute Gasteiger partial charge is 0.465 e. The van der Waals surface area contributed by atoms with Gasteiger partial charge in [0.15, 0.2) is 0 Å². The van der Waals surface area contributed by atoms with Crippen LogP contribution < -0.4 is 11.5 Å². The lowest BCUT2D eigenvalue weighted by atomic mass is 10.4. The first-order valence-corrected chi connectivity index (χ1v) is 12.1. The minimum Gasteiger partial charge on any atom is -0.465 e. The molecule has 0 bridgehead atoms. The molecule has 1 aliphatic rings. The number of hydrogen-bond donors (Lipinski definition) is 2. The summed E-state index contributed by atoms with van der Waals surface area (Å²) in [5.74, 6) is -0.884. The number of nitrogens with two attached hydrogens (primary N) is 2. The molecule has 6 nitrogen and oxygen atoms in total. The molecule has 4 N–H and O–H groups in total. The normalized spacial score (nSPS) is 13.4. The van der Waals surface area contributed by atoms with Crippen LogP contribution in [0.2, 0.25) is 0 Å². The van der Waals surface area contributed by atoms with Crippen LogP contribution in [0.1, 0.15) is 19.3 Å². The van der Waals surface area contributed by atoms with E-state index in [1.165, 1.54) is 80.1 Å². The minimum atomic E-state index is -0.442. The van der Waals surface area contributed by atoms with Gasteiger partial charge in [0.25, 0.3) is 0 Å². The maximum Gasteiger partial charge on any atom is 0.350 e. The van der Waals surface area contributed by atoms with Gasteiger partial charge in [0, 0.05) is 0 Å². The molecule has 0 unspecified atom stereocenters. The number of ether oxygens (including phenoxy) is 2. The third-order valence-electron chi connectivity index (χ3n) is 2.88. The van der Waals surface area contributed by atoms with Gasteiger partial charge in [-0.1, -0.05) is 0 Å². The fourth-order valence-electron chi connectivity index (χ4n) is 1.73. The Bertz CT molecular complexity index is 762. The Morgan fingerprint density at radius 3 is 1.46 bits per heavy atom. The van der Waals surface area contributed by atoms with Gasteiger partial charge < -0.3 is 20.9 Å². The van der Waals surface area contributed by atoms with Crippen molar-refractivity contribution in [2.75, 3.05) is 25.7 Å². The van der Waals surface area contributed by atoms with Gasteiger partial charge in [0.2, 0.25) is 0 Å². The summed E-state index contributed by atoms with van der Waals surface area (Å²) in [5.41, 5.74) is 13.0. The summed E-state index contributed by atoms with van der Waals surface area (Å²) in [4.78, 5) is 26.0. The second kappa shape index (κ2) is 7.30. The number of methoxy groups -OCH3 is 2. The highest BCUT2D eigenvalue weighted by atomic mass is 33.1. The van der Waals surface area contributed by atoms with Crippen molar-refractivity contribution in [3.05, 3.63) is 9.75 Å². The zero-order valence-electron chi connectivity index (χ0n) is 12.2. The van der Waals surface area contributed by atoms with E-state index in [0.717, 1.165) is 18.2 Å². The highest BCUT2D eigenvalue weighted by Crippen LogP contribution is 2.61. The van der Waals surface area contributed by atoms with E-state index in [1.54, 1.807) is 0 Å². The Hall–Kier alpha value is -0.660. The van der Waals surface area contributed by atoms with Crippen molar-refractivity contribution in [3.63, 3.8) is 0 Å². The predicted octanol–water partition coefficient (Wildman–Crippen LogP) is 4.46. The molecule has 0 radical (unpaired) electrons. The van der Waals surface area contributed by atoms with Gasteiger partial charge in [0.05, 0.1) is 43.8 Å². The van der Waals surface area contributed by atoms with E-state index in [4.69, 9.17) is 20.9 Å². The maximum atomic E-state index is 11.8. The van der Waals surface area contributed by atoms with E-state index in [-0.39, 0.29) is 0 Å². The lowest BCUT2D eigenvalue weighted by Gasteiger charge is -2.09. The number of fused-ring (bicyclic) bond motifs is 2. The molecule has 2 aromatic heterocycles. The molecule has 3 heterocycles. The van der Waals surface area contributed by atoms with E-state index >= 15 is 0 Å². The molecule has 1 aliphatic heterocycles. The van der Waals surface area contributed by atoms with Crippen LogP contribution in [0.25, 0.3) is 0 Å². The molecule has 12 heteroatoms. The first kappa shape index (κ1) is 18.1. The van der Waals surface area contributed by atoms with Crippen molar-refractivity contribution >= 4 is 89.2 Å². The Balaban J connectivity index is 1.96. The highest BCUT2D eigenvalue weighted by molar-refractivity contribution is 8.79. The number of hydrogen-bond acceptors (Lipinski definition) is 12. The van der Waals surface area contributed by atoms with Crippen molar-refractivity contribution in [1.29, 1.82) is 0 Å². The van der Waals surface area contributed by atoms with Crippen LogP contribution in [-0.2, 0) is 9.47 Å². The minimum absolute atomic E-state index is 0.400. The second-order valence-electron chi connectivity index (χ2n) is 4.24. The third kappa shape index (κ3) is 3.10. The van der Waals surface area contributed by atoms with Crippen LogP contribution in [0.4, 0.5) is 11.4 Å². The second-order valence-corrected chi connectivity index (χ2v) is 11.1. The predicted molar refractivity (Wildman–Crippen MR) is 104 cm³/mol. The van der Waals surface area contributed by atoms with Gasteiger partial charge in [-0.2, -0.15) is 0 Å². The summed E-state index contributed by atoms with van der Waals surface area (Å²) in [6.45, 7) is 0. The van der Waals surface area contributed by atoms with Crippen LogP contribution in [0.3, 0.4) is 0 Å². The van der Waals surface area contributed by atoms with Crippen molar-refractivity contribution < 1.29 is 19.1 Å². The smallest absolute Gasteiger partial charge is 0.350 e. The van der Waals surface area contributed by atoms with E-state index in [2.05, 4.69) is 0 Å². The maximum absolute atomic E-state index is 11.8. The molecule has 24 heavy (non-hydrogen) atoms. The zero-order chi connectivity index (χ0) is 17.4. The van der Waals surface area contributed by atoms with E-state index in [0.29, 0.717) is 21.1 Å². The van der Waals surface area contributed by atoms with E-state index < -0.39 is 11.9 Å². The molecule has 0 fully saturated rings. The first-order valence-electron chi connectivity index (χ1n) is 6.18. The summed E-state index contributed by atoms with van der Waals surface area (Å²) >= 11 is 2.61. The van der Waals surface area contributed by atoms with E-state index in [9.17, 15) is 9.59 Å². The number of nitrogen functional groups attached to an aromatic ring is 2. The SMILES string of the molecule is COC(=O)c1sc2c(c1N)SSc1c(sc(C(=O)OC)c1N)SS2. The van der Waals surface area contributed by atoms with Crippen LogP contribution >= 0.6 is 65.8 Å². The number of esters is 2. The summed E-state index contributed by atoms with van der Waals surface area (Å²) in [6, 6.07) is 0. The molecule has 0 amide bonds. The molecule has 0 aromatic carbocycles. The topological polar surface area (TPSA) is 105 Å². The monoisotopic (exact) mass is 438 g/mol. The molecule has 2 aromatic rings. The van der Waals surface area contributed by atoms with Gasteiger partial charge in [-0.15, -0.1) is 22.7 Å². The quantitative estimate of drug-likeness (QED) is 0.516. The third-order valence-corrected chi connectivity index (χ3v) is 11.6. The molecule has 0 saturated carbocycles. The summed E-state index contributed by atoms with van der Waals surface area (Å²) < 4.78 is 11.4. The van der Waals surface area contributed by atoms with Crippen LogP contribution in [0.5, 0.6) is 0 Å². The average Bonchev–Trinajstić information content (AvgIpc) is 3.04. The van der Waals surface area contributed by atoms with Gasteiger partial charge >= 0.3 is 11.9 Å². The van der Waals surface area contributed by atoms with Gasteiger partial charge in [-0.25, -0.2) is 9.59 Å². The number of carbonyl (C=O) groups is 2. The molecule has 3 rings (SSSR count). The average molecular weight is 439 g/mol. The number of thiophene rings is 2. The summed E-state index contributed by atoms with van der Waals surface area (Å²) in [6.07, 6.45) is 0. The van der Waals surface area contributed by atoms with Crippen molar-refractivity contribution in [1.82, 2.24) is 0 Å². The standard InChI is InChI=1S/C12H10N2O4S6/c1-17-9(15)5-3(13)7-11(19-5)23-24-12-8(22-21-7)4(14)6(20-12)10(16)18-2/h13-14H2,1-2H3. The Morgan fingerprint density at radius 2 is 1.12 bits per heavy atom. The first-order chi connectivity index (χ1) is 11.5. The van der Waals surface area contributed by atoms with Crippen LogP contribution in [0, 0.1) is 0 Å². The van der Waals surface area contributed by atoms with Crippen molar-refractivity contribution in [2.45, 2.75) is 18.2 Å². The van der Waals surface area contributed by atoms with E-state index in [1.807, 2.05) is 0 Å². The summed E-state index contributed by atoms with van der Waals surface area (Å²) in [5, 5.41) is 0. The molecule has 0 saturated heterocycles. The highest BCUT2D eigenvalue weighted by Gasteiger charge is 2.29. The number of anilines is 2. The van der Waals surface area contributed by atoms with Gasteiger partial charge in [-0.05, 0) is 43.2 Å². The van der Waals surface area contributed by atoms with Crippen molar-refractivity contribution in [2.24, 2.45) is 0 Å². The fourth-order valence-corrected chi connectivity index (χ4v) is 11.0. The lowest BCUT2D eigenvalue weighted by molar-refractivity contribution is 0.0598. The Morgan fingerprint density at radius 1 is 0.750 bits per heavy atom. The number of carbonyl (C=O) groups excluding carboxylic acids is 2. The molecule has 0 spiro atoms. The van der Waals surface area contributed by atoms with Crippen LogP contribution in [-0.4, -0.2) is 26.2 Å². The molecule has 0 atom stereocenters. The zero-order valence-corrected chi connectivity index (χ0v) is 17.1. The molecule has 128 valence electrons. The lowest BCUT2D eigenvalue weighted by Crippen LogP contribution is -2.02. The Kier molecular flexibility index (Phi) is 5.52. The van der Waals surface area contributed by atoms with Crippen LogP contribution in [0.15, 0.2) is 18.2 Å². The fraction of sp³-hybridized carbons (Fsp3) is 0.167. The van der Waals surface area contributed by atoms with Gasteiger partial charge in [0.1, 0.15) is 9.75 Å². The summed E-state index contributed by atoms with van der Waals surface area (Å²) in [7, 11) is 8.47. The number of rotatable bonds is 2. The van der Waals surface area contributed by atoms with Crippen molar-refractivity contribution in [3.8, 4) is 0 Å². The molecular weight excluding hydrogens is 429 g/mol. The Labute approximate surface area is 161 Å². The molecule has 0 aliphatic carbocycles. The molecular formula is C12H10N2O4S6.